The third kappa shape index (κ3) is 20.1. The molecule has 0 saturated heterocycles. The lowest BCUT2D eigenvalue weighted by Crippen LogP contribution is -2.60. The Morgan fingerprint density at radius 1 is 0.694 bits per heavy atom. The molecule has 2 saturated carbocycles. The molecule has 8 rings (SSSR count). The van der Waals surface area contributed by atoms with Gasteiger partial charge in [0.2, 0.25) is 29.5 Å². The van der Waals surface area contributed by atoms with E-state index in [0.717, 1.165) is 106 Å². The number of unbranched alkanes of at least 4 members (excludes halogenated alkanes) is 1. The number of imide groups is 1. The van der Waals surface area contributed by atoms with E-state index in [1.54, 1.807) is 6.92 Å². The Hall–Kier alpha value is -6.06. The highest BCUT2D eigenvalue weighted by molar-refractivity contribution is 7.85. The molecule has 24 nitrogen and oxygen atoms in total. The summed E-state index contributed by atoms with van der Waals surface area (Å²) in [5.41, 5.74) is 18.4. The van der Waals surface area contributed by atoms with Crippen LogP contribution in [0.15, 0.2) is 36.4 Å². The number of anilines is 2. The van der Waals surface area contributed by atoms with Crippen LogP contribution < -0.4 is 32.7 Å². The number of rotatable bonds is 37. The van der Waals surface area contributed by atoms with Gasteiger partial charge < -0.3 is 51.1 Å². The Kier molecular flexibility index (Phi) is 28.1. The number of carbonyl (C=O) groups is 7. The zero-order chi connectivity index (χ0) is 70.8. The van der Waals surface area contributed by atoms with Crippen LogP contribution in [0, 0.1) is 34.5 Å². The summed E-state index contributed by atoms with van der Waals surface area (Å²) < 4.78 is 60.6. The van der Waals surface area contributed by atoms with Crippen molar-refractivity contribution in [2.45, 2.75) is 225 Å². The minimum atomic E-state index is -4.07. The van der Waals surface area contributed by atoms with Gasteiger partial charge in [-0.1, -0.05) is 91.5 Å². The van der Waals surface area contributed by atoms with Crippen molar-refractivity contribution in [3.05, 3.63) is 70.0 Å². The lowest BCUT2D eigenvalue weighted by Gasteiger charge is -2.56. The van der Waals surface area contributed by atoms with Crippen LogP contribution in [-0.2, 0) is 104 Å². The molecule has 544 valence electrons. The van der Waals surface area contributed by atoms with E-state index in [0.29, 0.717) is 97.1 Å². The molecule has 0 spiro atoms. The molecule has 1 unspecified atom stereocenters. The van der Waals surface area contributed by atoms with Gasteiger partial charge in [0, 0.05) is 43.1 Å². The smallest absolute Gasteiger partial charge is 0.264 e. The van der Waals surface area contributed by atoms with Crippen molar-refractivity contribution < 1.29 is 70.2 Å². The molecule has 1 aromatic heterocycles. The first-order valence-electron chi connectivity index (χ1n) is 36.0. The molecule has 5 aliphatic carbocycles. The Labute approximate surface area is 579 Å². The standard InChI is InChI=1S/C73H111N9O15S/c1-48(2)64(78-67(87)57(75)17-11-12-33-76-63(85)47-97-60-19-10-8-9-18-58-65(60)80-81-82(58)34-36-94-38-40-96-42-41-95-39-37-93-35-28-54(83)16-13-43-98(90,91)92)59(84)44-49(3)66(86)77-53-25-21-51-23-27-62-71(5,56(51)46-53)30-15-32-73(62,7)69(89)79-68(88)72(6)31-14-29-70(4)55-45-52(74)24-20-50(55)22-26-61(70)72/h20-21,24-25,45-46,48-49,57,60-62,64H,8-19,22-23,26-44,47,74-75H2,1-7H3,(H,76,85)(H,77,86)(H,78,87)(H,79,88,89)(H,90,91,92)/t49-,57-,60?,61-,62-,64+,70-,71-,72+,73+/m1/s1. The maximum Gasteiger partial charge on any atom is 0.264 e. The first-order chi connectivity index (χ1) is 46.7. The van der Waals surface area contributed by atoms with E-state index in [1.807, 2.05) is 43.7 Å². The number of nitrogens with zero attached hydrogens (tertiary/aromatic N) is 3. The zero-order valence-electron chi connectivity index (χ0n) is 59.1. The number of aromatic nitrogens is 3. The van der Waals surface area contributed by atoms with Gasteiger partial charge in [-0.25, -0.2) is 4.68 Å². The average molecular weight is 1390 g/mol. The highest BCUT2D eigenvalue weighted by Gasteiger charge is 2.58. The number of fused-ring (bicyclic) bond motifs is 7. The number of hydrogen-bond donors (Lipinski definition) is 7. The monoisotopic (exact) mass is 1390 g/mol. The highest BCUT2D eigenvalue weighted by atomic mass is 32.2. The van der Waals surface area contributed by atoms with Crippen molar-refractivity contribution in [1.82, 2.24) is 30.9 Å². The molecule has 2 aromatic carbocycles. The number of aryl methyl sites for hydroxylation is 2. The third-order valence-corrected chi connectivity index (χ3v) is 22.9. The van der Waals surface area contributed by atoms with Gasteiger partial charge in [0.15, 0.2) is 5.78 Å². The second-order valence-electron chi connectivity index (χ2n) is 29.5. The Balaban J connectivity index is 0.708. The van der Waals surface area contributed by atoms with Gasteiger partial charge in [-0.15, -0.1) is 5.10 Å². The van der Waals surface area contributed by atoms with Crippen molar-refractivity contribution >= 4 is 62.6 Å². The van der Waals surface area contributed by atoms with Crippen molar-refractivity contribution in [2.24, 2.45) is 40.2 Å². The molecule has 2 fully saturated rings. The van der Waals surface area contributed by atoms with Crippen molar-refractivity contribution in [3.8, 4) is 0 Å². The summed E-state index contributed by atoms with van der Waals surface area (Å²) in [5.74, 6) is -3.25. The first kappa shape index (κ1) is 77.7. The van der Waals surface area contributed by atoms with Crippen LogP contribution in [-0.4, -0.2) is 153 Å². The molecule has 98 heavy (non-hydrogen) atoms. The summed E-state index contributed by atoms with van der Waals surface area (Å²) in [6.45, 7) is 17.4. The van der Waals surface area contributed by atoms with Crippen LogP contribution in [0.4, 0.5) is 11.4 Å². The number of amides is 5. The number of nitrogens with one attached hydrogen (secondary N) is 4. The van der Waals surface area contributed by atoms with Gasteiger partial charge in [-0.2, -0.15) is 8.42 Å². The van der Waals surface area contributed by atoms with Gasteiger partial charge >= 0.3 is 0 Å². The van der Waals surface area contributed by atoms with Crippen LogP contribution in [0.1, 0.15) is 210 Å². The molecule has 0 bridgehead atoms. The minimum absolute atomic E-state index is 0.0504. The molecular formula is C73H111N9O15S. The number of hydrogen-bond acceptors (Lipinski definition) is 18. The lowest BCUT2D eigenvalue weighted by atomic mass is 9.49. The number of ketones is 2. The van der Waals surface area contributed by atoms with Crippen LogP contribution in [0.3, 0.4) is 0 Å². The van der Waals surface area contributed by atoms with E-state index in [1.165, 1.54) is 16.7 Å². The molecule has 5 aliphatic rings. The Bertz CT molecular complexity index is 3360. The number of carbonyl (C=O) groups excluding carboxylic acids is 7. The number of nitrogen functional groups attached to an aromatic ring is 1. The molecule has 25 heteroatoms. The SMILES string of the molecule is CC(C)[C@H](NC(=O)[C@H](N)CCCCNC(=O)COC1CCCCCc2c1nnn2CCOCCOCCOCCOCCC(=O)CCCS(=O)(=O)O)C(=O)C[C@@H](C)C(=O)Nc1ccc2c(c1)[C@@]1(C)CCC[C@](C)(C(=O)NC(=O)[C@@]3(C)CCC[C@]4(C)c5cc(N)ccc5CC[C@@H]34)[C@@H]1CC2. The maximum atomic E-state index is 14.8. The van der Waals surface area contributed by atoms with Gasteiger partial charge in [0.25, 0.3) is 10.1 Å². The summed E-state index contributed by atoms with van der Waals surface area (Å²) >= 11 is 0. The Morgan fingerprint density at radius 2 is 1.30 bits per heavy atom. The normalized spacial score (nSPS) is 24.6. The number of benzene rings is 2. The average Bonchev–Trinajstić information content (AvgIpc) is 0.836. The summed E-state index contributed by atoms with van der Waals surface area (Å²) in [7, 11) is -4.07. The van der Waals surface area contributed by atoms with E-state index in [9.17, 15) is 42.0 Å². The molecule has 9 N–H and O–H groups in total. The molecule has 3 aromatic rings. The molecule has 0 radical (unpaired) electrons. The van der Waals surface area contributed by atoms with E-state index < -0.39 is 62.1 Å². The van der Waals surface area contributed by atoms with Crippen molar-refractivity contribution in [1.29, 1.82) is 0 Å². The van der Waals surface area contributed by atoms with Crippen LogP contribution in [0.25, 0.3) is 0 Å². The molecule has 5 amide bonds. The summed E-state index contributed by atoms with van der Waals surface area (Å²) in [4.78, 5) is 95.6. The van der Waals surface area contributed by atoms with Gasteiger partial charge in [0.1, 0.15) is 24.2 Å². The summed E-state index contributed by atoms with van der Waals surface area (Å²) in [6, 6.07) is 10.4. The van der Waals surface area contributed by atoms with Crippen molar-refractivity contribution in [2.75, 3.05) is 82.8 Å². The van der Waals surface area contributed by atoms with Crippen LogP contribution in [0.2, 0.25) is 0 Å². The Morgan fingerprint density at radius 3 is 1.92 bits per heavy atom. The maximum absolute atomic E-state index is 14.8. The number of ether oxygens (including phenoxy) is 5. The minimum Gasteiger partial charge on any atom is -0.399 e. The fourth-order valence-corrected chi connectivity index (χ4v) is 17.0. The van der Waals surface area contributed by atoms with Crippen molar-refractivity contribution in [3.63, 3.8) is 0 Å². The summed E-state index contributed by atoms with van der Waals surface area (Å²) in [5, 5.41) is 20.8. The fraction of sp³-hybridized carbons (Fsp3) is 0.712. The summed E-state index contributed by atoms with van der Waals surface area (Å²) in [6.07, 6.45) is 13.8. The predicted molar refractivity (Wildman–Crippen MR) is 371 cm³/mol. The number of Topliss-reactive ketones (excluding diaryl/α,β-unsaturated/α-hetero) is 2. The van der Waals surface area contributed by atoms with Gasteiger partial charge in [-0.05, 0) is 171 Å². The lowest BCUT2D eigenvalue weighted by molar-refractivity contribution is -0.150. The van der Waals surface area contributed by atoms with E-state index in [2.05, 4.69) is 70.5 Å². The first-order valence-corrected chi connectivity index (χ1v) is 37.6. The largest absolute Gasteiger partial charge is 0.399 e. The van der Waals surface area contributed by atoms with E-state index >= 15 is 0 Å². The second kappa shape index (κ2) is 35.5. The zero-order valence-corrected chi connectivity index (χ0v) is 59.9. The molecule has 10 atom stereocenters. The topological polar surface area (TPSA) is 351 Å². The quantitative estimate of drug-likeness (QED) is 0.0124. The van der Waals surface area contributed by atoms with E-state index in [4.69, 9.17) is 39.7 Å². The van der Waals surface area contributed by atoms with Gasteiger partial charge in [0.05, 0.1) is 93.8 Å². The predicted octanol–water partition coefficient (Wildman–Crippen LogP) is 8.08. The third-order valence-electron chi connectivity index (χ3n) is 22.1. The molecular weight excluding hydrogens is 1270 g/mol. The van der Waals surface area contributed by atoms with E-state index in [-0.39, 0.29) is 97.3 Å². The second-order valence-corrected chi connectivity index (χ2v) is 31.1. The molecule has 0 aliphatic heterocycles. The van der Waals surface area contributed by atoms with Crippen LogP contribution >= 0.6 is 0 Å². The number of nitrogens with two attached hydrogens (primary N) is 2. The molecule has 1 heterocycles. The highest BCUT2D eigenvalue weighted by Crippen LogP contribution is 2.60. The van der Waals surface area contributed by atoms with Crippen LogP contribution in [0.5, 0.6) is 0 Å². The fourth-order valence-electron chi connectivity index (χ4n) is 16.5. The van der Waals surface area contributed by atoms with Gasteiger partial charge in [-0.3, -0.25) is 43.4 Å².